The summed E-state index contributed by atoms with van der Waals surface area (Å²) in [6.07, 6.45) is 5.07. The van der Waals surface area contributed by atoms with Crippen molar-refractivity contribution in [3.8, 4) is 11.8 Å². The number of nitrogens with one attached hydrogen (secondary N) is 1. The van der Waals surface area contributed by atoms with Crippen LogP contribution in [-0.4, -0.2) is 29.3 Å². The van der Waals surface area contributed by atoms with Gasteiger partial charge in [0.15, 0.2) is 5.58 Å². The molecule has 1 fully saturated rings. The van der Waals surface area contributed by atoms with Crippen LogP contribution in [0.15, 0.2) is 52.0 Å². The highest BCUT2D eigenvalue weighted by atomic mass is 32.2. The molecule has 138 valence electrons. The fourth-order valence-electron chi connectivity index (χ4n) is 2.67. The van der Waals surface area contributed by atoms with Crippen molar-refractivity contribution in [3.05, 3.63) is 64.5 Å². The molecule has 1 amide bonds. The minimum atomic E-state index is -0.213. The zero-order chi connectivity index (χ0) is 19.7. The summed E-state index contributed by atoms with van der Waals surface area (Å²) in [5.74, 6) is 6.62. The van der Waals surface area contributed by atoms with Crippen LogP contribution in [0.2, 0.25) is 0 Å². The fourth-order valence-corrected chi connectivity index (χ4v) is 3.70. The van der Waals surface area contributed by atoms with Crippen LogP contribution in [0.4, 0.5) is 5.69 Å². The van der Waals surface area contributed by atoms with Crippen LogP contribution in [0.1, 0.15) is 16.9 Å². The van der Waals surface area contributed by atoms with E-state index in [-0.39, 0.29) is 5.91 Å². The lowest BCUT2D eigenvalue weighted by molar-refractivity contribution is -0.115. The second-order valence-electron chi connectivity index (χ2n) is 6.30. The topological polar surface area (TPSA) is 58.4 Å². The van der Waals surface area contributed by atoms with E-state index >= 15 is 0 Å². The Morgan fingerprint density at radius 2 is 2.00 bits per heavy atom. The molecular formula is C21H15N3O2S2. The highest BCUT2D eigenvalue weighted by molar-refractivity contribution is 8.26. The summed E-state index contributed by atoms with van der Waals surface area (Å²) in [5, 5.41) is 3.42. The summed E-state index contributed by atoms with van der Waals surface area (Å²) in [7, 11) is 4.00. The molecule has 28 heavy (non-hydrogen) atoms. The van der Waals surface area contributed by atoms with Gasteiger partial charge in [0.2, 0.25) is 0 Å². The van der Waals surface area contributed by atoms with Gasteiger partial charge in [-0.2, -0.15) is 0 Å². The van der Waals surface area contributed by atoms with Crippen molar-refractivity contribution in [2.75, 3.05) is 19.0 Å². The molecule has 0 atom stereocenters. The van der Waals surface area contributed by atoms with E-state index in [9.17, 15) is 4.79 Å². The third-order valence-corrected chi connectivity index (χ3v) is 5.25. The van der Waals surface area contributed by atoms with Gasteiger partial charge in [-0.3, -0.25) is 9.78 Å². The average molecular weight is 406 g/mol. The van der Waals surface area contributed by atoms with Crippen molar-refractivity contribution in [1.82, 2.24) is 10.3 Å². The van der Waals surface area contributed by atoms with E-state index < -0.39 is 0 Å². The molecule has 0 spiro atoms. The molecule has 1 aliphatic heterocycles. The Morgan fingerprint density at radius 1 is 1.21 bits per heavy atom. The maximum absolute atomic E-state index is 11.8. The first-order valence-electron chi connectivity index (χ1n) is 8.41. The fraction of sp³-hybridized carbons (Fsp3) is 0.0952. The Bertz CT molecular complexity index is 1180. The van der Waals surface area contributed by atoms with Crippen molar-refractivity contribution in [3.63, 3.8) is 0 Å². The number of benzene rings is 1. The molecular weight excluding hydrogens is 390 g/mol. The zero-order valence-corrected chi connectivity index (χ0v) is 16.8. The Morgan fingerprint density at radius 3 is 2.68 bits per heavy atom. The average Bonchev–Trinajstić information content (AvgIpc) is 3.22. The number of amides is 1. The van der Waals surface area contributed by atoms with Gasteiger partial charge in [-0.15, -0.1) is 0 Å². The van der Waals surface area contributed by atoms with E-state index in [1.807, 2.05) is 49.3 Å². The Balaban J connectivity index is 1.66. The van der Waals surface area contributed by atoms with Crippen LogP contribution in [0.25, 0.3) is 17.0 Å². The quantitative estimate of drug-likeness (QED) is 0.398. The lowest BCUT2D eigenvalue weighted by Crippen LogP contribution is -2.17. The second kappa shape index (κ2) is 7.50. The summed E-state index contributed by atoms with van der Waals surface area (Å²) in [6, 6.07) is 9.84. The summed E-state index contributed by atoms with van der Waals surface area (Å²) in [5.41, 5.74) is 3.36. The predicted molar refractivity (Wildman–Crippen MR) is 117 cm³/mol. The summed E-state index contributed by atoms with van der Waals surface area (Å²) < 4.78 is 6.37. The monoisotopic (exact) mass is 405 g/mol. The van der Waals surface area contributed by atoms with Crippen molar-refractivity contribution >= 4 is 56.9 Å². The molecule has 0 aliphatic carbocycles. The van der Waals surface area contributed by atoms with Gasteiger partial charge in [0.25, 0.3) is 5.91 Å². The standard InChI is InChI=1S/C21H15N3O2S2/c1-24(2)16-7-4-13(5-8-16)3-6-14-11-22-12-15-9-17(26-19(14)15)10-18-20(25)23-21(27)28-18/h4-5,7-12H,1-2H3,(H,23,25,27). The molecule has 5 nitrogen and oxygen atoms in total. The van der Waals surface area contributed by atoms with E-state index in [0.29, 0.717) is 26.1 Å². The molecule has 1 N–H and O–H groups in total. The smallest absolute Gasteiger partial charge is 0.263 e. The van der Waals surface area contributed by atoms with Crippen molar-refractivity contribution in [2.45, 2.75) is 0 Å². The van der Waals surface area contributed by atoms with Crippen LogP contribution in [-0.2, 0) is 4.79 Å². The van der Waals surface area contributed by atoms with E-state index in [0.717, 1.165) is 16.6 Å². The largest absolute Gasteiger partial charge is 0.455 e. The normalized spacial score (nSPS) is 14.9. The number of rotatable bonds is 2. The van der Waals surface area contributed by atoms with Crippen LogP contribution >= 0.6 is 24.0 Å². The lowest BCUT2D eigenvalue weighted by atomic mass is 10.1. The van der Waals surface area contributed by atoms with Gasteiger partial charge in [-0.25, -0.2) is 0 Å². The molecule has 0 bridgehead atoms. The first-order chi connectivity index (χ1) is 13.5. The number of carbonyl (C=O) groups excluding carboxylic acids is 1. The number of thiocarbonyl (C=S) groups is 1. The molecule has 4 rings (SSSR count). The van der Waals surface area contributed by atoms with Gasteiger partial charge in [-0.05, 0) is 30.3 Å². The number of furan rings is 1. The minimum absolute atomic E-state index is 0.213. The van der Waals surface area contributed by atoms with E-state index in [4.69, 9.17) is 16.6 Å². The van der Waals surface area contributed by atoms with Gasteiger partial charge < -0.3 is 14.6 Å². The highest BCUT2D eigenvalue weighted by Crippen LogP contribution is 2.29. The Labute approximate surface area is 171 Å². The molecule has 3 heterocycles. The maximum atomic E-state index is 11.8. The number of pyridine rings is 1. The number of aromatic nitrogens is 1. The van der Waals surface area contributed by atoms with Crippen LogP contribution in [0.5, 0.6) is 0 Å². The van der Waals surface area contributed by atoms with Gasteiger partial charge in [0.05, 0.1) is 10.5 Å². The van der Waals surface area contributed by atoms with Crippen LogP contribution < -0.4 is 10.2 Å². The minimum Gasteiger partial charge on any atom is -0.455 e. The Hall–Kier alpha value is -3.08. The molecule has 0 unspecified atom stereocenters. The first-order valence-corrected chi connectivity index (χ1v) is 9.64. The van der Waals surface area contributed by atoms with Crippen LogP contribution in [0.3, 0.4) is 0 Å². The van der Waals surface area contributed by atoms with Crippen molar-refractivity contribution < 1.29 is 9.21 Å². The number of hydrogen-bond acceptors (Lipinski definition) is 6. The molecule has 1 aliphatic rings. The van der Waals surface area contributed by atoms with E-state index in [1.54, 1.807) is 18.5 Å². The number of fused-ring (bicyclic) bond motifs is 1. The maximum Gasteiger partial charge on any atom is 0.263 e. The third-order valence-electron chi connectivity index (χ3n) is 4.08. The summed E-state index contributed by atoms with van der Waals surface area (Å²) >= 11 is 6.22. The molecule has 7 heteroatoms. The van der Waals surface area contributed by atoms with E-state index in [1.165, 1.54) is 11.8 Å². The molecule has 0 radical (unpaired) electrons. The predicted octanol–water partition coefficient (Wildman–Crippen LogP) is 3.78. The molecule has 0 saturated carbocycles. The first kappa shape index (κ1) is 18.3. The molecule has 3 aromatic rings. The van der Waals surface area contributed by atoms with E-state index in [2.05, 4.69) is 22.1 Å². The summed E-state index contributed by atoms with van der Waals surface area (Å²) in [6.45, 7) is 0. The number of thioether (sulfide) groups is 1. The van der Waals surface area contributed by atoms with Gasteiger partial charge >= 0.3 is 0 Å². The van der Waals surface area contributed by atoms with Crippen molar-refractivity contribution in [1.29, 1.82) is 0 Å². The van der Waals surface area contributed by atoms with Gasteiger partial charge in [0.1, 0.15) is 10.1 Å². The van der Waals surface area contributed by atoms with Gasteiger partial charge in [-0.1, -0.05) is 35.8 Å². The molecule has 1 aromatic carbocycles. The number of carbonyl (C=O) groups is 1. The molecule has 1 saturated heterocycles. The number of nitrogens with zero attached hydrogens (tertiary/aromatic N) is 2. The highest BCUT2D eigenvalue weighted by Gasteiger charge is 2.22. The SMILES string of the molecule is CN(C)c1ccc(C#Cc2cncc3cc(C=C4SC(=S)NC4=O)oc23)cc1. The number of anilines is 1. The summed E-state index contributed by atoms with van der Waals surface area (Å²) in [4.78, 5) is 18.6. The van der Waals surface area contributed by atoms with Gasteiger partial charge in [0, 0.05) is 49.2 Å². The van der Waals surface area contributed by atoms with Crippen molar-refractivity contribution in [2.24, 2.45) is 0 Å². The number of hydrogen-bond donors (Lipinski definition) is 1. The lowest BCUT2D eigenvalue weighted by Gasteiger charge is -2.11. The Kier molecular flexibility index (Phi) is 4.90. The molecule has 2 aromatic heterocycles. The van der Waals surface area contributed by atoms with Crippen LogP contribution in [0, 0.1) is 11.8 Å². The zero-order valence-electron chi connectivity index (χ0n) is 15.1. The second-order valence-corrected chi connectivity index (χ2v) is 8.02. The third kappa shape index (κ3) is 3.79.